The topological polar surface area (TPSA) is 58.6 Å². The van der Waals surface area contributed by atoms with Crippen LogP contribution in [0.5, 0.6) is 5.75 Å². The number of halogens is 3. The van der Waals surface area contributed by atoms with Gasteiger partial charge in [0, 0.05) is 16.6 Å². The van der Waals surface area contributed by atoms with Gasteiger partial charge in [-0.2, -0.15) is 13.2 Å². The van der Waals surface area contributed by atoms with E-state index >= 15 is 0 Å². The number of carbonyl (C=O) groups excluding carboxylic acids is 1. The van der Waals surface area contributed by atoms with Gasteiger partial charge in [-0.15, -0.1) is 0 Å². The van der Waals surface area contributed by atoms with E-state index in [-0.39, 0.29) is 11.3 Å². The normalized spacial score (nSPS) is 11.2. The Bertz CT molecular complexity index is 1020. The molecule has 0 bridgehead atoms. The SMILES string of the molecule is COC(=O)c1ccc(NSc2cc(-c3ccccc3)cc(C(F)(F)F)c2)cc1O. The summed E-state index contributed by atoms with van der Waals surface area (Å²) in [6.45, 7) is 0. The number of alkyl halides is 3. The molecule has 0 spiro atoms. The Morgan fingerprint density at radius 1 is 1.00 bits per heavy atom. The Hall–Kier alpha value is -3.13. The van der Waals surface area contributed by atoms with Crippen LogP contribution in [0, 0.1) is 0 Å². The van der Waals surface area contributed by atoms with E-state index < -0.39 is 17.7 Å². The van der Waals surface area contributed by atoms with E-state index in [4.69, 9.17) is 0 Å². The summed E-state index contributed by atoms with van der Waals surface area (Å²) in [5.41, 5.74) is 0.758. The first-order valence-electron chi connectivity index (χ1n) is 8.40. The summed E-state index contributed by atoms with van der Waals surface area (Å²) in [4.78, 5) is 11.9. The molecule has 0 atom stereocenters. The highest BCUT2D eigenvalue weighted by atomic mass is 32.2. The van der Waals surface area contributed by atoms with Gasteiger partial charge in [0.05, 0.1) is 12.7 Å². The second-order valence-corrected chi connectivity index (χ2v) is 6.92. The third-order valence-corrected chi connectivity index (χ3v) is 4.84. The van der Waals surface area contributed by atoms with Gasteiger partial charge in [0.2, 0.25) is 0 Å². The first-order valence-corrected chi connectivity index (χ1v) is 9.21. The Balaban J connectivity index is 1.87. The number of hydrogen-bond donors (Lipinski definition) is 2. The Labute approximate surface area is 169 Å². The molecule has 0 radical (unpaired) electrons. The first-order chi connectivity index (χ1) is 13.8. The molecule has 0 fully saturated rings. The summed E-state index contributed by atoms with van der Waals surface area (Å²) in [5, 5.41) is 9.93. The van der Waals surface area contributed by atoms with E-state index in [0.29, 0.717) is 21.7 Å². The minimum atomic E-state index is -4.49. The van der Waals surface area contributed by atoms with Crippen molar-refractivity contribution in [1.82, 2.24) is 0 Å². The van der Waals surface area contributed by atoms with Crippen LogP contribution in [0.1, 0.15) is 15.9 Å². The zero-order valence-corrected chi connectivity index (χ0v) is 16.0. The Morgan fingerprint density at radius 3 is 2.34 bits per heavy atom. The molecule has 3 rings (SSSR count). The van der Waals surface area contributed by atoms with Gasteiger partial charge in [-0.05, 0) is 53.4 Å². The van der Waals surface area contributed by atoms with E-state index in [9.17, 15) is 23.1 Å². The largest absolute Gasteiger partial charge is 0.507 e. The van der Waals surface area contributed by atoms with E-state index in [0.717, 1.165) is 24.1 Å². The highest BCUT2D eigenvalue weighted by Gasteiger charge is 2.31. The third kappa shape index (κ3) is 5.03. The molecule has 4 nitrogen and oxygen atoms in total. The van der Waals surface area contributed by atoms with Gasteiger partial charge >= 0.3 is 12.1 Å². The van der Waals surface area contributed by atoms with Crippen molar-refractivity contribution in [2.45, 2.75) is 11.1 Å². The van der Waals surface area contributed by atoms with Crippen molar-refractivity contribution in [1.29, 1.82) is 0 Å². The molecule has 0 aromatic heterocycles. The Morgan fingerprint density at radius 2 is 1.72 bits per heavy atom. The smallest absolute Gasteiger partial charge is 0.416 e. The van der Waals surface area contributed by atoms with Crippen LogP contribution in [0.25, 0.3) is 11.1 Å². The number of phenolic OH excluding ortho intramolecular Hbond substituents is 1. The van der Waals surface area contributed by atoms with Crippen molar-refractivity contribution in [3.05, 3.63) is 77.9 Å². The minimum absolute atomic E-state index is 0.00603. The predicted octanol–water partition coefficient (Wildman–Crippen LogP) is 5.98. The van der Waals surface area contributed by atoms with E-state index in [2.05, 4.69) is 9.46 Å². The maximum absolute atomic E-state index is 13.3. The molecule has 3 aromatic carbocycles. The van der Waals surface area contributed by atoms with E-state index in [1.54, 1.807) is 36.4 Å². The lowest BCUT2D eigenvalue weighted by atomic mass is 10.0. The molecule has 0 aliphatic carbocycles. The fourth-order valence-electron chi connectivity index (χ4n) is 2.61. The van der Waals surface area contributed by atoms with Gasteiger partial charge in [0.25, 0.3) is 0 Å². The van der Waals surface area contributed by atoms with Gasteiger partial charge in [-0.1, -0.05) is 30.3 Å². The first kappa shape index (κ1) is 20.6. The molecule has 29 heavy (non-hydrogen) atoms. The number of hydrogen-bond acceptors (Lipinski definition) is 5. The monoisotopic (exact) mass is 419 g/mol. The highest BCUT2D eigenvalue weighted by molar-refractivity contribution is 8.00. The molecule has 8 heteroatoms. The summed E-state index contributed by atoms with van der Waals surface area (Å²) < 4.78 is 47.4. The number of rotatable bonds is 5. The molecule has 0 saturated carbocycles. The molecule has 0 saturated heterocycles. The number of benzene rings is 3. The van der Waals surface area contributed by atoms with Crippen LogP contribution in [0.3, 0.4) is 0 Å². The van der Waals surface area contributed by atoms with Crippen molar-refractivity contribution >= 4 is 23.6 Å². The van der Waals surface area contributed by atoms with Crippen LogP contribution in [0.4, 0.5) is 18.9 Å². The molecule has 150 valence electrons. The number of phenols is 1. The number of ether oxygens (including phenoxy) is 1. The van der Waals surface area contributed by atoms with E-state index in [1.165, 1.54) is 25.3 Å². The summed E-state index contributed by atoms with van der Waals surface area (Å²) in [6, 6.07) is 16.8. The second kappa shape index (κ2) is 8.48. The maximum atomic E-state index is 13.3. The average Bonchev–Trinajstić information content (AvgIpc) is 2.71. The molecule has 0 unspecified atom stereocenters. The average molecular weight is 419 g/mol. The lowest BCUT2D eigenvalue weighted by molar-refractivity contribution is -0.137. The molecular weight excluding hydrogens is 403 g/mol. The fourth-order valence-corrected chi connectivity index (χ4v) is 3.35. The van der Waals surface area contributed by atoms with E-state index in [1.807, 2.05) is 0 Å². The molecule has 0 amide bonds. The van der Waals surface area contributed by atoms with Crippen LogP contribution >= 0.6 is 11.9 Å². The van der Waals surface area contributed by atoms with Crippen molar-refractivity contribution in [2.75, 3.05) is 11.8 Å². The van der Waals surface area contributed by atoms with Crippen LogP contribution in [-0.4, -0.2) is 18.2 Å². The number of esters is 1. The molecule has 0 heterocycles. The van der Waals surface area contributed by atoms with Crippen molar-refractivity contribution in [3.8, 4) is 16.9 Å². The lowest BCUT2D eigenvalue weighted by Gasteiger charge is -2.13. The molecule has 2 N–H and O–H groups in total. The van der Waals surface area contributed by atoms with Crippen LogP contribution in [-0.2, 0) is 10.9 Å². The summed E-state index contributed by atoms with van der Waals surface area (Å²) in [5.74, 6) is -0.983. The third-order valence-electron chi connectivity index (χ3n) is 4.03. The maximum Gasteiger partial charge on any atom is 0.416 e. The fraction of sp³-hybridized carbons (Fsp3) is 0.0952. The molecule has 3 aromatic rings. The Kier molecular flexibility index (Phi) is 6.03. The van der Waals surface area contributed by atoms with Crippen molar-refractivity contribution < 1.29 is 27.8 Å². The van der Waals surface area contributed by atoms with Gasteiger partial charge in [0.15, 0.2) is 0 Å². The number of nitrogens with one attached hydrogen (secondary N) is 1. The summed E-state index contributed by atoms with van der Waals surface area (Å²) in [6.07, 6.45) is -4.49. The molecule has 0 aliphatic rings. The lowest BCUT2D eigenvalue weighted by Crippen LogP contribution is -2.05. The zero-order valence-electron chi connectivity index (χ0n) is 15.2. The quantitative estimate of drug-likeness (QED) is 0.393. The predicted molar refractivity (Wildman–Crippen MR) is 106 cm³/mol. The number of carbonyl (C=O) groups is 1. The minimum Gasteiger partial charge on any atom is -0.507 e. The van der Waals surface area contributed by atoms with Crippen molar-refractivity contribution in [2.24, 2.45) is 0 Å². The standard InChI is InChI=1S/C21H16F3NO3S/c1-28-20(27)18-8-7-16(12-19(18)26)25-29-17-10-14(13-5-3-2-4-6-13)9-15(11-17)21(22,23)24/h2-12,25-26H,1H3. The van der Waals surface area contributed by atoms with Gasteiger partial charge < -0.3 is 14.6 Å². The second-order valence-electron chi connectivity index (χ2n) is 6.04. The van der Waals surface area contributed by atoms with Crippen molar-refractivity contribution in [3.63, 3.8) is 0 Å². The van der Waals surface area contributed by atoms with Crippen LogP contribution < -0.4 is 4.72 Å². The zero-order chi connectivity index (χ0) is 21.0. The van der Waals surface area contributed by atoms with Crippen LogP contribution in [0.15, 0.2) is 71.6 Å². The van der Waals surface area contributed by atoms with Gasteiger partial charge in [0.1, 0.15) is 11.3 Å². The number of methoxy groups -OCH3 is 1. The van der Waals surface area contributed by atoms with Gasteiger partial charge in [-0.25, -0.2) is 4.79 Å². The number of anilines is 1. The summed E-state index contributed by atoms with van der Waals surface area (Å²) >= 11 is 0.964. The van der Waals surface area contributed by atoms with Crippen LogP contribution in [0.2, 0.25) is 0 Å². The highest BCUT2D eigenvalue weighted by Crippen LogP contribution is 2.36. The summed E-state index contributed by atoms with van der Waals surface area (Å²) in [7, 11) is 1.20. The number of aromatic hydroxyl groups is 1. The molecular formula is C21H16F3NO3S. The van der Waals surface area contributed by atoms with Gasteiger partial charge in [-0.3, -0.25) is 0 Å². The molecule has 0 aliphatic heterocycles.